The van der Waals surface area contributed by atoms with E-state index < -0.39 is 17.8 Å². The Morgan fingerprint density at radius 3 is 2.62 bits per heavy atom. The molecule has 0 radical (unpaired) electrons. The number of carbonyl (C=O) groups excluding carboxylic acids is 1. The van der Waals surface area contributed by atoms with E-state index in [2.05, 4.69) is 27.3 Å². The molecule has 1 aromatic heterocycles. The average molecular weight is 476 g/mol. The second-order valence-corrected chi connectivity index (χ2v) is 7.29. The van der Waals surface area contributed by atoms with Gasteiger partial charge in [-0.15, -0.1) is 0 Å². The van der Waals surface area contributed by atoms with Gasteiger partial charge < -0.3 is 15.0 Å². The molecule has 0 aliphatic carbocycles. The third-order valence-electron chi connectivity index (χ3n) is 4.85. The second-order valence-electron chi connectivity index (χ2n) is 7.29. The molecule has 0 spiro atoms. The van der Waals surface area contributed by atoms with Crippen LogP contribution in [0.15, 0.2) is 65.3 Å². The number of amides is 1. The van der Waals surface area contributed by atoms with Crippen LogP contribution in [0.1, 0.15) is 24.3 Å². The molecule has 10 heteroatoms. The van der Waals surface area contributed by atoms with Gasteiger partial charge in [0, 0.05) is 44.0 Å². The summed E-state index contributed by atoms with van der Waals surface area (Å²) in [4.78, 5) is 21.5. The molecule has 0 saturated heterocycles. The first-order chi connectivity index (χ1) is 16.1. The molecule has 0 fully saturated rings. The molecule has 0 aliphatic rings. The Balaban J connectivity index is 2.14. The Bertz CT molecular complexity index is 1070. The predicted octanol–water partition coefficient (Wildman–Crippen LogP) is 5.00. The molecule has 0 aliphatic heterocycles. The molecule has 182 valence electrons. The fraction of sp³-hybridized carbons (Fsp3) is 0.292. The van der Waals surface area contributed by atoms with Gasteiger partial charge in [0.2, 0.25) is 0 Å². The molecule has 1 aromatic carbocycles. The molecule has 1 heterocycles. The van der Waals surface area contributed by atoms with E-state index in [4.69, 9.17) is 4.74 Å². The van der Waals surface area contributed by atoms with Crippen LogP contribution in [0.4, 0.5) is 24.5 Å². The van der Waals surface area contributed by atoms with E-state index in [0.717, 1.165) is 6.08 Å². The molecule has 2 N–H and O–H groups in total. The molecule has 7 nitrogen and oxygen atoms in total. The first-order valence-electron chi connectivity index (χ1n) is 10.4. The Morgan fingerprint density at radius 1 is 1.29 bits per heavy atom. The van der Waals surface area contributed by atoms with Crippen molar-refractivity contribution in [3.05, 3.63) is 66.0 Å². The van der Waals surface area contributed by atoms with Crippen molar-refractivity contribution in [3.8, 4) is 11.5 Å². The number of hydrogen-bond acceptors (Lipinski definition) is 6. The third-order valence-corrected chi connectivity index (χ3v) is 4.85. The molecule has 0 bridgehead atoms. The first-order valence-corrected chi connectivity index (χ1v) is 10.4. The van der Waals surface area contributed by atoms with Gasteiger partial charge in [0.25, 0.3) is 5.91 Å². The zero-order valence-electron chi connectivity index (χ0n) is 19.5. The molecule has 1 amide bonds. The van der Waals surface area contributed by atoms with E-state index in [1.54, 1.807) is 49.2 Å². The van der Waals surface area contributed by atoms with Crippen molar-refractivity contribution >= 4 is 24.0 Å². The summed E-state index contributed by atoms with van der Waals surface area (Å²) in [5.41, 5.74) is 0.669. The van der Waals surface area contributed by atoms with Crippen LogP contribution in [0.25, 0.3) is 0 Å². The van der Waals surface area contributed by atoms with E-state index >= 15 is 0 Å². The maximum absolute atomic E-state index is 13.4. The Labute approximate surface area is 197 Å². The zero-order chi connectivity index (χ0) is 25.3. The normalized spacial score (nSPS) is 13.0. The molecular weight excluding hydrogens is 447 g/mol. The number of allylic oxidation sites excluding steroid dienone is 3. The van der Waals surface area contributed by atoms with Crippen LogP contribution in [0.3, 0.4) is 0 Å². The predicted molar refractivity (Wildman–Crippen MR) is 128 cm³/mol. The fourth-order valence-corrected chi connectivity index (χ4v) is 3.03. The number of ether oxygens (including phenoxy) is 1. The van der Waals surface area contributed by atoms with Crippen LogP contribution in [-0.4, -0.2) is 50.6 Å². The van der Waals surface area contributed by atoms with Crippen LogP contribution < -0.4 is 20.3 Å². The number of aliphatic imine (C=N–C) groups is 1. The van der Waals surface area contributed by atoms with Gasteiger partial charge >= 0.3 is 6.18 Å². The van der Waals surface area contributed by atoms with Gasteiger partial charge in [0.1, 0.15) is 17.2 Å². The summed E-state index contributed by atoms with van der Waals surface area (Å²) in [7, 11) is 3.23. The van der Waals surface area contributed by atoms with E-state index in [-0.39, 0.29) is 18.3 Å². The van der Waals surface area contributed by atoms with Gasteiger partial charge in [-0.05, 0) is 38.8 Å². The van der Waals surface area contributed by atoms with Gasteiger partial charge in [0.05, 0.1) is 18.0 Å². The Kier molecular flexibility index (Phi) is 9.37. The highest BCUT2D eigenvalue weighted by Gasteiger charge is 2.36. The lowest BCUT2D eigenvalue weighted by molar-refractivity contribution is -0.0960. The van der Waals surface area contributed by atoms with Crippen molar-refractivity contribution in [1.29, 1.82) is 0 Å². The van der Waals surface area contributed by atoms with Crippen molar-refractivity contribution in [3.63, 3.8) is 0 Å². The summed E-state index contributed by atoms with van der Waals surface area (Å²) in [6.07, 6.45) is 0.990. The molecule has 1 unspecified atom stereocenters. The van der Waals surface area contributed by atoms with Crippen LogP contribution in [-0.2, 0) is 0 Å². The average Bonchev–Trinajstić information content (AvgIpc) is 2.81. The molecule has 1 atom stereocenters. The maximum Gasteiger partial charge on any atom is 0.414 e. The number of anilines is 1. The number of alkyl halides is 3. The van der Waals surface area contributed by atoms with Gasteiger partial charge in [-0.2, -0.15) is 13.2 Å². The van der Waals surface area contributed by atoms with Gasteiger partial charge in [-0.1, -0.05) is 18.2 Å². The number of hydrogen-bond donors (Lipinski definition) is 2. The minimum absolute atomic E-state index is 0.132. The van der Waals surface area contributed by atoms with Crippen LogP contribution in [0.5, 0.6) is 11.5 Å². The zero-order valence-corrected chi connectivity index (χ0v) is 19.5. The van der Waals surface area contributed by atoms with E-state index in [1.165, 1.54) is 32.3 Å². The fourth-order valence-electron chi connectivity index (χ4n) is 3.03. The largest absolute Gasteiger partial charge is 0.457 e. The monoisotopic (exact) mass is 475 g/mol. The molecule has 2 aromatic rings. The number of carbonyl (C=O) groups is 1. The number of nitrogens with zero attached hydrogens (tertiary/aromatic N) is 3. The quantitative estimate of drug-likeness (QED) is 0.287. The van der Waals surface area contributed by atoms with Crippen LogP contribution >= 0.6 is 0 Å². The molecule has 0 saturated carbocycles. The van der Waals surface area contributed by atoms with Crippen LogP contribution in [0.2, 0.25) is 0 Å². The number of halogens is 3. The van der Waals surface area contributed by atoms with E-state index in [1.807, 2.05) is 0 Å². The topological polar surface area (TPSA) is 78.9 Å². The minimum Gasteiger partial charge on any atom is -0.457 e. The Hall–Kier alpha value is -3.66. The minimum atomic E-state index is -4.44. The highest BCUT2D eigenvalue weighted by atomic mass is 19.4. The summed E-state index contributed by atoms with van der Waals surface area (Å²) < 4.78 is 45.9. The smallest absolute Gasteiger partial charge is 0.414 e. The first kappa shape index (κ1) is 26.6. The lowest BCUT2D eigenvalue weighted by Gasteiger charge is -2.26. The lowest BCUT2D eigenvalue weighted by atomic mass is 10.1. The Morgan fingerprint density at radius 2 is 2.00 bits per heavy atom. The summed E-state index contributed by atoms with van der Waals surface area (Å²) >= 11 is 0. The molecular formula is C24H28F3N5O2. The molecule has 2 rings (SSSR count). The number of aromatic nitrogens is 1. The van der Waals surface area contributed by atoms with Crippen molar-refractivity contribution in [2.24, 2.45) is 4.99 Å². The van der Waals surface area contributed by atoms with Crippen molar-refractivity contribution < 1.29 is 22.7 Å². The summed E-state index contributed by atoms with van der Waals surface area (Å²) in [6.45, 7) is 6.83. The summed E-state index contributed by atoms with van der Waals surface area (Å²) in [5, 5.41) is 5.38. The second kappa shape index (κ2) is 12.0. The van der Waals surface area contributed by atoms with Crippen LogP contribution in [0, 0.1) is 0 Å². The maximum atomic E-state index is 13.4. The number of rotatable bonds is 10. The summed E-state index contributed by atoms with van der Waals surface area (Å²) in [5.74, 6) is 0.517. The third kappa shape index (κ3) is 7.17. The van der Waals surface area contributed by atoms with E-state index in [0.29, 0.717) is 22.9 Å². The lowest BCUT2D eigenvalue weighted by Crippen LogP contribution is -2.40. The van der Waals surface area contributed by atoms with Crippen molar-refractivity contribution in [2.75, 3.05) is 25.7 Å². The number of benzene rings is 1. The highest BCUT2D eigenvalue weighted by Crippen LogP contribution is 2.34. The number of nitrogens with one attached hydrogen (secondary N) is 2. The standard InChI is InChI=1S/C24H28F3N5O2/c1-6-7-8-19(24(25,26)27)16(2)31-15-32(5)22-10-9-17(13-20(22)28-3)34-18-11-12-30-21(14-18)23(33)29-4/h6-14,16,31H,3,15H2,1-2,4-5H3,(H,29,33)/b7-6-,19-8+. The van der Waals surface area contributed by atoms with Gasteiger partial charge in [-0.3, -0.25) is 20.1 Å². The van der Waals surface area contributed by atoms with Crippen molar-refractivity contribution in [2.45, 2.75) is 26.1 Å². The highest BCUT2D eigenvalue weighted by molar-refractivity contribution is 5.92. The summed E-state index contributed by atoms with van der Waals surface area (Å²) in [6, 6.07) is 7.25. The molecule has 34 heavy (non-hydrogen) atoms. The van der Waals surface area contributed by atoms with E-state index in [9.17, 15) is 18.0 Å². The SMILES string of the molecule is C=Nc1cc(Oc2ccnc(C(=O)NC)c2)ccc1N(C)CNC(C)/C(=C\C=C/C)C(F)(F)F. The van der Waals surface area contributed by atoms with Gasteiger partial charge in [-0.25, -0.2) is 0 Å². The van der Waals surface area contributed by atoms with Gasteiger partial charge in [0.15, 0.2) is 0 Å². The van der Waals surface area contributed by atoms with Crippen molar-refractivity contribution in [1.82, 2.24) is 15.6 Å². The number of pyridine rings is 1.